The van der Waals surface area contributed by atoms with Crippen molar-refractivity contribution in [1.82, 2.24) is 9.29 Å². The molecule has 0 atom stereocenters. The Labute approximate surface area is 172 Å². The van der Waals surface area contributed by atoms with Crippen molar-refractivity contribution in [2.45, 2.75) is 4.90 Å². The van der Waals surface area contributed by atoms with E-state index in [4.69, 9.17) is 11.6 Å². The van der Waals surface area contributed by atoms with Crippen LogP contribution in [0.3, 0.4) is 0 Å². The lowest BCUT2D eigenvalue weighted by atomic mass is 10.2. The van der Waals surface area contributed by atoms with Crippen molar-refractivity contribution in [2.75, 3.05) is 31.1 Å². The van der Waals surface area contributed by atoms with Gasteiger partial charge in [0.05, 0.1) is 15.6 Å². The number of rotatable bonds is 4. The van der Waals surface area contributed by atoms with Crippen molar-refractivity contribution in [2.24, 2.45) is 0 Å². The summed E-state index contributed by atoms with van der Waals surface area (Å²) in [5.41, 5.74) is 1.97. The minimum absolute atomic E-state index is 0.00737. The van der Waals surface area contributed by atoms with Crippen molar-refractivity contribution in [3.63, 3.8) is 0 Å². The van der Waals surface area contributed by atoms with E-state index in [0.29, 0.717) is 26.2 Å². The van der Waals surface area contributed by atoms with Gasteiger partial charge in [-0.3, -0.25) is 0 Å². The lowest BCUT2D eigenvalue weighted by Gasteiger charge is -2.33. The number of hydrogen-bond acceptors (Lipinski definition) is 5. The number of piperazine rings is 1. The zero-order valence-electron chi connectivity index (χ0n) is 14.8. The Morgan fingerprint density at radius 3 is 2.43 bits per heavy atom. The van der Waals surface area contributed by atoms with Crippen molar-refractivity contribution in [1.29, 1.82) is 0 Å². The number of benzene rings is 2. The number of thiazole rings is 1. The summed E-state index contributed by atoms with van der Waals surface area (Å²) in [4.78, 5) is 6.78. The average molecular weight is 438 g/mol. The molecular weight excluding hydrogens is 421 g/mol. The Morgan fingerprint density at radius 1 is 1.04 bits per heavy atom. The maximum absolute atomic E-state index is 13.3. The molecule has 0 radical (unpaired) electrons. The van der Waals surface area contributed by atoms with Gasteiger partial charge in [-0.25, -0.2) is 17.8 Å². The van der Waals surface area contributed by atoms with Gasteiger partial charge >= 0.3 is 0 Å². The largest absolute Gasteiger partial charge is 0.345 e. The number of nitrogens with zero attached hydrogens (tertiary/aromatic N) is 3. The van der Waals surface area contributed by atoms with E-state index >= 15 is 0 Å². The molecule has 1 aliphatic heterocycles. The highest BCUT2D eigenvalue weighted by molar-refractivity contribution is 7.89. The molecule has 0 spiro atoms. The monoisotopic (exact) mass is 437 g/mol. The minimum Gasteiger partial charge on any atom is -0.345 e. The fourth-order valence-electron chi connectivity index (χ4n) is 3.06. The van der Waals surface area contributed by atoms with Gasteiger partial charge in [-0.05, 0) is 18.2 Å². The summed E-state index contributed by atoms with van der Waals surface area (Å²) in [6, 6.07) is 13.4. The summed E-state index contributed by atoms with van der Waals surface area (Å²) >= 11 is 7.29. The molecule has 1 fully saturated rings. The van der Waals surface area contributed by atoms with Gasteiger partial charge in [-0.1, -0.05) is 41.9 Å². The minimum atomic E-state index is -3.71. The van der Waals surface area contributed by atoms with Crippen LogP contribution in [-0.4, -0.2) is 43.9 Å². The first-order valence-electron chi connectivity index (χ1n) is 8.66. The molecule has 0 unspecified atom stereocenters. The van der Waals surface area contributed by atoms with E-state index in [1.165, 1.54) is 10.4 Å². The molecular formula is C19H17ClFN3O2S2. The van der Waals surface area contributed by atoms with Gasteiger partial charge in [0.25, 0.3) is 0 Å². The highest BCUT2D eigenvalue weighted by Crippen LogP contribution is 2.29. The molecule has 28 heavy (non-hydrogen) atoms. The van der Waals surface area contributed by atoms with Gasteiger partial charge in [0.15, 0.2) is 5.13 Å². The van der Waals surface area contributed by atoms with E-state index in [9.17, 15) is 12.8 Å². The molecule has 0 N–H and O–H groups in total. The summed E-state index contributed by atoms with van der Waals surface area (Å²) in [6.45, 7) is 1.74. The number of aromatic nitrogens is 1. The zero-order valence-corrected chi connectivity index (χ0v) is 17.1. The van der Waals surface area contributed by atoms with Crippen molar-refractivity contribution in [3.8, 4) is 11.3 Å². The van der Waals surface area contributed by atoms with Crippen LogP contribution in [0.1, 0.15) is 0 Å². The van der Waals surface area contributed by atoms with Crippen molar-refractivity contribution < 1.29 is 12.8 Å². The van der Waals surface area contributed by atoms with Gasteiger partial charge in [0.1, 0.15) is 5.82 Å². The third kappa shape index (κ3) is 3.77. The second kappa shape index (κ2) is 7.79. The number of anilines is 1. The summed E-state index contributed by atoms with van der Waals surface area (Å²) < 4.78 is 40.3. The molecule has 4 rings (SSSR count). The van der Waals surface area contributed by atoms with E-state index in [-0.39, 0.29) is 9.92 Å². The maximum Gasteiger partial charge on any atom is 0.243 e. The molecule has 2 heterocycles. The van der Waals surface area contributed by atoms with E-state index in [1.54, 1.807) is 11.3 Å². The predicted octanol–water partition coefficient (Wildman–Crippen LogP) is 4.11. The SMILES string of the molecule is O=S(=O)(c1ccc(F)c(Cl)c1)N1CCN(c2nc(-c3ccccc3)cs2)CC1. The van der Waals surface area contributed by atoms with Crippen LogP contribution in [-0.2, 0) is 10.0 Å². The van der Waals surface area contributed by atoms with Crippen molar-refractivity contribution in [3.05, 3.63) is 64.8 Å². The Kier molecular flexibility index (Phi) is 5.37. The molecule has 0 bridgehead atoms. The Balaban J connectivity index is 1.46. The van der Waals surface area contributed by atoms with Gasteiger partial charge in [0, 0.05) is 37.1 Å². The Bertz CT molecular complexity index is 1080. The first-order valence-corrected chi connectivity index (χ1v) is 11.4. The molecule has 1 aliphatic rings. The fourth-order valence-corrected chi connectivity index (χ4v) is 5.64. The molecule has 0 saturated carbocycles. The molecule has 3 aromatic rings. The van der Waals surface area contributed by atoms with E-state index in [2.05, 4.69) is 9.88 Å². The smallest absolute Gasteiger partial charge is 0.243 e. The van der Waals surface area contributed by atoms with Crippen LogP contribution in [0, 0.1) is 5.82 Å². The molecule has 146 valence electrons. The molecule has 9 heteroatoms. The first-order chi connectivity index (χ1) is 13.4. The third-order valence-electron chi connectivity index (χ3n) is 4.60. The Morgan fingerprint density at radius 2 is 1.75 bits per heavy atom. The predicted molar refractivity (Wildman–Crippen MR) is 110 cm³/mol. The number of hydrogen-bond donors (Lipinski definition) is 0. The van der Waals surface area contributed by atoms with Gasteiger partial charge in [-0.15, -0.1) is 11.3 Å². The van der Waals surface area contributed by atoms with Gasteiger partial charge in [0.2, 0.25) is 10.0 Å². The summed E-state index contributed by atoms with van der Waals surface area (Å²) in [5.74, 6) is -0.636. The summed E-state index contributed by atoms with van der Waals surface area (Å²) in [6.07, 6.45) is 0. The average Bonchev–Trinajstić information content (AvgIpc) is 3.21. The Hall–Kier alpha value is -2.00. The lowest BCUT2D eigenvalue weighted by molar-refractivity contribution is 0.384. The third-order valence-corrected chi connectivity index (χ3v) is 7.69. The first kappa shape index (κ1) is 19.3. The van der Waals surface area contributed by atoms with Crippen molar-refractivity contribution >= 4 is 38.1 Å². The summed E-state index contributed by atoms with van der Waals surface area (Å²) in [5, 5.41) is 2.69. The second-order valence-electron chi connectivity index (χ2n) is 6.35. The van der Waals surface area contributed by atoms with Crippen LogP contribution < -0.4 is 4.90 Å². The molecule has 0 aliphatic carbocycles. The standard InChI is InChI=1S/C19H17ClFN3O2S2/c20-16-12-15(6-7-17(16)21)28(25,26)24-10-8-23(9-11-24)19-22-18(13-27-19)14-4-2-1-3-5-14/h1-7,12-13H,8-11H2. The zero-order chi connectivity index (χ0) is 19.7. The highest BCUT2D eigenvalue weighted by atomic mass is 35.5. The van der Waals surface area contributed by atoms with E-state index in [1.807, 2.05) is 35.7 Å². The molecule has 1 saturated heterocycles. The van der Waals surface area contributed by atoms with Crippen LogP contribution in [0.15, 0.2) is 58.8 Å². The van der Waals surface area contributed by atoms with Crippen LogP contribution in [0.4, 0.5) is 9.52 Å². The van der Waals surface area contributed by atoms with Gasteiger partial charge < -0.3 is 4.90 Å². The maximum atomic E-state index is 13.3. The van der Waals surface area contributed by atoms with Gasteiger partial charge in [-0.2, -0.15) is 4.31 Å². The fraction of sp³-hybridized carbons (Fsp3) is 0.211. The second-order valence-corrected chi connectivity index (χ2v) is 9.53. The van der Waals surface area contributed by atoms with E-state index < -0.39 is 15.8 Å². The topological polar surface area (TPSA) is 53.5 Å². The van der Waals surface area contributed by atoms with E-state index in [0.717, 1.165) is 28.5 Å². The highest BCUT2D eigenvalue weighted by Gasteiger charge is 2.29. The van der Waals surface area contributed by atoms with Crippen LogP contribution >= 0.6 is 22.9 Å². The quantitative estimate of drug-likeness (QED) is 0.616. The normalized spacial score (nSPS) is 15.7. The summed E-state index contributed by atoms with van der Waals surface area (Å²) in [7, 11) is -3.71. The molecule has 5 nitrogen and oxygen atoms in total. The van der Waals surface area contributed by atoms with Crippen LogP contribution in [0.2, 0.25) is 5.02 Å². The molecule has 2 aromatic carbocycles. The molecule has 1 aromatic heterocycles. The number of sulfonamides is 1. The lowest BCUT2D eigenvalue weighted by Crippen LogP contribution is -2.48. The van der Waals surface area contributed by atoms with Crippen LogP contribution in [0.5, 0.6) is 0 Å². The molecule has 0 amide bonds. The number of halogens is 2. The van der Waals surface area contributed by atoms with Crippen LogP contribution in [0.25, 0.3) is 11.3 Å².